The van der Waals surface area contributed by atoms with Crippen molar-refractivity contribution in [2.24, 2.45) is 0 Å². The number of fused-ring (bicyclic) bond motifs is 1. The van der Waals surface area contributed by atoms with Crippen LogP contribution in [-0.4, -0.2) is 25.1 Å². The molecule has 0 aliphatic carbocycles. The van der Waals surface area contributed by atoms with Gasteiger partial charge in [0.2, 0.25) is 0 Å². The summed E-state index contributed by atoms with van der Waals surface area (Å²) in [4.78, 5) is 25.9. The summed E-state index contributed by atoms with van der Waals surface area (Å²) in [5.74, 6) is 0.00239. The van der Waals surface area contributed by atoms with Gasteiger partial charge < -0.3 is 14.4 Å². The van der Waals surface area contributed by atoms with Crippen molar-refractivity contribution in [2.75, 3.05) is 12.0 Å². The molecule has 118 valence electrons. The van der Waals surface area contributed by atoms with E-state index in [-0.39, 0.29) is 5.91 Å². The Morgan fingerprint density at radius 2 is 1.96 bits per heavy atom. The molecule has 3 rings (SSSR count). The number of hydrogen-bond acceptors (Lipinski definition) is 4. The molecule has 1 amide bonds. The Morgan fingerprint density at radius 3 is 2.65 bits per heavy atom. The van der Waals surface area contributed by atoms with Crippen molar-refractivity contribution in [3.05, 3.63) is 59.7 Å². The molecule has 0 N–H and O–H groups in total. The molecule has 1 heterocycles. The van der Waals surface area contributed by atoms with E-state index < -0.39 is 12.1 Å². The van der Waals surface area contributed by atoms with Gasteiger partial charge in [0.25, 0.3) is 5.91 Å². The number of nitrogens with zero attached hydrogens (tertiary/aromatic N) is 1. The summed E-state index contributed by atoms with van der Waals surface area (Å²) >= 11 is 0. The molecule has 0 radical (unpaired) electrons. The lowest BCUT2D eigenvalue weighted by molar-refractivity contribution is -0.125. The molecule has 1 atom stereocenters. The van der Waals surface area contributed by atoms with Gasteiger partial charge in [0, 0.05) is 0 Å². The summed E-state index contributed by atoms with van der Waals surface area (Å²) in [6.45, 7) is 2.14. The Bertz CT molecular complexity index is 742. The van der Waals surface area contributed by atoms with Crippen LogP contribution in [0.1, 0.15) is 22.8 Å². The van der Waals surface area contributed by atoms with E-state index in [9.17, 15) is 9.59 Å². The van der Waals surface area contributed by atoms with Crippen LogP contribution in [0, 0.1) is 0 Å². The van der Waals surface area contributed by atoms with Crippen molar-refractivity contribution in [1.82, 2.24) is 0 Å². The van der Waals surface area contributed by atoms with Gasteiger partial charge in [-0.15, -0.1) is 0 Å². The van der Waals surface area contributed by atoms with Crippen molar-refractivity contribution < 1.29 is 19.1 Å². The number of carbonyl (C=O) groups is 2. The maximum Gasteiger partial charge on any atom is 0.337 e. The highest BCUT2D eigenvalue weighted by molar-refractivity contribution is 6.01. The van der Waals surface area contributed by atoms with Gasteiger partial charge in [-0.3, -0.25) is 4.79 Å². The number of hydrogen-bond donors (Lipinski definition) is 0. The maximum atomic E-state index is 12.5. The first-order valence-electron chi connectivity index (χ1n) is 7.34. The zero-order valence-electron chi connectivity index (χ0n) is 13.0. The number of carbonyl (C=O) groups excluding carboxylic acids is 2. The molecule has 0 bridgehead atoms. The van der Waals surface area contributed by atoms with Crippen LogP contribution in [0.3, 0.4) is 0 Å². The van der Waals surface area contributed by atoms with Gasteiger partial charge in [-0.1, -0.05) is 30.3 Å². The van der Waals surface area contributed by atoms with Crippen molar-refractivity contribution >= 4 is 17.6 Å². The monoisotopic (exact) mass is 311 g/mol. The van der Waals surface area contributed by atoms with E-state index in [1.165, 1.54) is 7.11 Å². The third-order valence-electron chi connectivity index (χ3n) is 3.77. The fourth-order valence-corrected chi connectivity index (χ4v) is 2.58. The van der Waals surface area contributed by atoms with E-state index in [0.717, 1.165) is 5.56 Å². The Balaban J connectivity index is 2.01. The minimum Gasteiger partial charge on any atom is -0.479 e. The number of amides is 1. The Labute approximate surface area is 134 Å². The van der Waals surface area contributed by atoms with Gasteiger partial charge in [0.15, 0.2) is 6.10 Å². The molecular weight excluding hydrogens is 294 g/mol. The van der Waals surface area contributed by atoms with Crippen LogP contribution in [0.2, 0.25) is 0 Å². The topological polar surface area (TPSA) is 55.8 Å². The van der Waals surface area contributed by atoms with Crippen molar-refractivity contribution in [3.8, 4) is 5.75 Å². The minimum atomic E-state index is -0.560. The molecule has 1 aliphatic heterocycles. The predicted octanol–water partition coefficient (Wildman–Crippen LogP) is 2.79. The van der Waals surface area contributed by atoms with Crippen LogP contribution < -0.4 is 9.64 Å². The molecule has 5 heteroatoms. The van der Waals surface area contributed by atoms with Crippen LogP contribution in [0.25, 0.3) is 0 Å². The fraction of sp³-hybridized carbons (Fsp3) is 0.222. The summed E-state index contributed by atoms with van der Waals surface area (Å²) in [5, 5.41) is 0. The van der Waals surface area contributed by atoms with Gasteiger partial charge >= 0.3 is 5.97 Å². The quantitative estimate of drug-likeness (QED) is 0.818. The number of methoxy groups -OCH3 is 1. The number of ether oxygens (including phenoxy) is 2. The summed E-state index contributed by atoms with van der Waals surface area (Å²) in [7, 11) is 1.33. The second kappa shape index (κ2) is 6.12. The molecule has 0 saturated heterocycles. The van der Waals surface area contributed by atoms with Crippen molar-refractivity contribution in [3.63, 3.8) is 0 Å². The fourth-order valence-electron chi connectivity index (χ4n) is 2.58. The first-order chi connectivity index (χ1) is 11.1. The van der Waals surface area contributed by atoms with E-state index in [0.29, 0.717) is 23.5 Å². The van der Waals surface area contributed by atoms with Gasteiger partial charge in [-0.05, 0) is 30.7 Å². The Kier molecular flexibility index (Phi) is 4.02. The summed E-state index contributed by atoms with van der Waals surface area (Å²) in [6, 6.07) is 14.7. The van der Waals surface area contributed by atoms with Gasteiger partial charge in [-0.25, -0.2) is 4.79 Å². The average molecular weight is 311 g/mol. The van der Waals surface area contributed by atoms with E-state index >= 15 is 0 Å². The van der Waals surface area contributed by atoms with E-state index in [1.807, 2.05) is 30.3 Å². The van der Waals surface area contributed by atoms with Crippen molar-refractivity contribution in [1.29, 1.82) is 0 Å². The lowest BCUT2D eigenvalue weighted by Crippen LogP contribution is -2.44. The maximum absolute atomic E-state index is 12.5. The molecule has 0 spiro atoms. The molecule has 23 heavy (non-hydrogen) atoms. The summed E-state index contributed by atoms with van der Waals surface area (Å²) in [6.07, 6.45) is -0.560. The Hall–Kier alpha value is -2.82. The molecule has 2 aromatic rings. The van der Waals surface area contributed by atoms with Crippen LogP contribution in [0.5, 0.6) is 5.75 Å². The first-order valence-corrected chi connectivity index (χ1v) is 7.34. The Morgan fingerprint density at radius 1 is 1.22 bits per heavy atom. The predicted molar refractivity (Wildman–Crippen MR) is 85.5 cm³/mol. The minimum absolute atomic E-state index is 0.136. The highest BCUT2D eigenvalue weighted by Crippen LogP contribution is 2.36. The zero-order valence-corrected chi connectivity index (χ0v) is 13.0. The van der Waals surface area contributed by atoms with Crippen LogP contribution in [-0.2, 0) is 16.1 Å². The molecule has 1 aliphatic rings. The molecule has 0 aromatic heterocycles. The van der Waals surface area contributed by atoms with Crippen LogP contribution >= 0.6 is 0 Å². The first kappa shape index (κ1) is 15.1. The summed E-state index contributed by atoms with van der Waals surface area (Å²) in [5.41, 5.74) is 1.97. The molecular formula is C18H17NO4. The van der Waals surface area contributed by atoms with Gasteiger partial charge in [0.05, 0.1) is 24.9 Å². The molecule has 0 fully saturated rings. The highest BCUT2D eigenvalue weighted by Gasteiger charge is 2.32. The smallest absolute Gasteiger partial charge is 0.337 e. The average Bonchev–Trinajstić information content (AvgIpc) is 2.59. The third-order valence-corrected chi connectivity index (χ3v) is 3.77. The van der Waals surface area contributed by atoms with E-state index in [1.54, 1.807) is 30.0 Å². The lowest BCUT2D eigenvalue weighted by Gasteiger charge is -2.33. The van der Waals surface area contributed by atoms with Gasteiger partial charge in [0.1, 0.15) is 5.75 Å². The SMILES string of the molecule is COC(=O)c1ccc2c(c1)N(Cc1ccccc1)C(=O)C(C)O2. The van der Waals surface area contributed by atoms with Gasteiger partial charge in [-0.2, -0.15) is 0 Å². The number of rotatable bonds is 3. The van der Waals surface area contributed by atoms with Crippen LogP contribution in [0.15, 0.2) is 48.5 Å². The van der Waals surface area contributed by atoms with E-state index in [2.05, 4.69) is 0 Å². The zero-order chi connectivity index (χ0) is 16.4. The van der Waals surface area contributed by atoms with Crippen LogP contribution in [0.4, 0.5) is 5.69 Å². The number of anilines is 1. The third kappa shape index (κ3) is 2.90. The largest absolute Gasteiger partial charge is 0.479 e. The second-order valence-corrected chi connectivity index (χ2v) is 5.34. The summed E-state index contributed by atoms with van der Waals surface area (Å²) < 4.78 is 10.4. The molecule has 5 nitrogen and oxygen atoms in total. The standard InChI is InChI=1S/C18H17NO4/c1-12-17(20)19(11-13-6-4-3-5-7-13)15-10-14(18(21)22-2)8-9-16(15)23-12/h3-10,12H,11H2,1-2H3. The second-order valence-electron chi connectivity index (χ2n) is 5.34. The number of esters is 1. The lowest BCUT2D eigenvalue weighted by atomic mass is 10.1. The molecule has 2 aromatic carbocycles. The molecule has 1 unspecified atom stereocenters. The highest BCUT2D eigenvalue weighted by atomic mass is 16.5. The van der Waals surface area contributed by atoms with Crippen molar-refractivity contribution in [2.45, 2.75) is 19.6 Å². The van der Waals surface area contributed by atoms with E-state index in [4.69, 9.17) is 9.47 Å². The number of benzene rings is 2. The molecule has 0 saturated carbocycles. The normalized spacial score (nSPS) is 16.5.